The van der Waals surface area contributed by atoms with Crippen molar-refractivity contribution >= 4 is 12.0 Å². The predicted molar refractivity (Wildman–Crippen MR) is 88.3 cm³/mol. The van der Waals surface area contributed by atoms with E-state index in [9.17, 15) is 4.79 Å². The van der Waals surface area contributed by atoms with Crippen LogP contribution in [0.5, 0.6) is 0 Å². The molecule has 0 N–H and O–H groups in total. The van der Waals surface area contributed by atoms with Gasteiger partial charge in [-0.15, -0.1) is 0 Å². The molecule has 2 aromatic carbocycles. The molecule has 2 heteroatoms. The molecule has 3 rings (SSSR count). The van der Waals surface area contributed by atoms with Crippen LogP contribution in [0.15, 0.2) is 66.7 Å². The molecule has 112 valence electrons. The number of hydrogen-bond acceptors (Lipinski definition) is 2. The summed E-state index contributed by atoms with van der Waals surface area (Å²) in [6, 6.07) is 20.3. The highest BCUT2D eigenvalue weighted by Crippen LogP contribution is 2.61. The molecule has 0 saturated heterocycles. The summed E-state index contributed by atoms with van der Waals surface area (Å²) in [4.78, 5) is 12.5. The monoisotopic (exact) mass is 292 g/mol. The maximum absolute atomic E-state index is 12.5. The van der Waals surface area contributed by atoms with Gasteiger partial charge in [-0.2, -0.15) is 0 Å². The highest BCUT2D eigenvalue weighted by atomic mass is 16.5. The Bertz CT molecular complexity index is 661. The minimum Gasteiger partial charge on any atom is -0.465 e. The Morgan fingerprint density at radius 2 is 1.77 bits per heavy atom. The van der Waals surface area contributed by atoms with Crippen LogP contribution in [-0.4, -0.2) is 12.6 Å². The molecule has 1 fully saturated rings. The van der Waals surface area contributed by atoms with Gasteiger partial charge in [-0.05, 0) is 24.5 Å². The summed E-state index contributed by atoms with van der Waals surface area (Å²) in [6.07, 6.45) is 4.87. The summed E-state index contributed by atoms with van der Waals surface area (Å²) in [5, 5.41) is 0. The van der Waals surface area contributed by atoms with E-state index in [2.05, 4.69) is 12.1 Å². The van der Waals surface area contributed by atoms with Crippen LogP contribution in [-0.2, 0) is 9.53 Å². The second-order valence-electron chi connectivity index (χ2n) is 5.67. The number of carbonyl (C=O) groups is 1. The maximum Gasteiger partial charge on any atom is 0.316 e. The van der Waals surface area contributed by atoms with Gasteiger partial charge in [0.05, 0.1) is 12.0 Å². The van der Waals surface area contributed by atoms with Crippen molar-refractivity contribution < 1.29 is 9.53 Å². The van der Waals surface area contributed by atoms with Crippen molar-refractivity contribution in [3.8, 4) is 0 Å². The number of ether oxygens (including phenoxy) is 1. The van der Waals surface area contributed by atoms with E-state index in [1.165, 1.54) is 5.56 Å². The molecule has 0 amide bonds. The molecule has 1 aliphatic rings. The van der Waals surface area contributed by atoms with Crippen molar-refractivity contribution in [2.24, 2.45) is 5.41 Å². The maximum atomic E-state index is 12.5. The Balaban J connectivity index is 1.86. The molecular formula is C20H20O2. The Labute approximate surface area is 131 Å². The molecule has 1 aliphatic carbocycles. The van der Waals surface area contributed by atoms with Gasteiger partial charge in [-0.3, -0.25) is 4.79 Å². The van der Waals surface area contributed by atoms with Crippen LogP contribution < -0.4 is 0 Å². The topological polar surface area (TPSA) is 26.3 Å². The number of hydrogen-bond donors (Lipinski definition) is 0. The van der Waals surface area contributed by atoms with E-state index < -0.39 is 5.41 Å². The SMILES string of the molecule is CCOC(=O)[C@@]1(/C=C/c2ccccc2)C[C@@H]1c1ccccc1. The summed E-state index contributed by atoms with van der Waals surface area (Å²) in [5.41, 5.74) is 1.80. The minimum absolute atomic E-state index is 0.115. The van der Waals surface area contributed by atoms with Gasteiger partial charge in [0, 0.05) is 5.92 Å². The zero-order chi connectivity index (χ0) is 15.4. The fourth-order valence-corrected chi connectivity index (χ4v) is 2.93. The Hall–Kier alpha value is -2.35. The number of rotatable bonds is 5. The van der Waals surface area contributed by atoms with Crippen LogP contribution >= 0.6 is 0 Å². The van der Waals surface area contributed by atoms with Crippen molar-refractivity contribution in [3.05, 3.63) is 77.9 Å². The lowest BCUT2D eigenvalue weighted by Gasteiger charge is -2.12. The van der Waals surface area contributed by atoms with Gasteiger partial charge < -0.3 is 4.74 Å². The van der Waals surface area contributed by atoms with Crippen LogP contribution in [0.1, 0.15) is 30.4 Å². The van der Waals surface area contributed by atoms with Gasteiger partial charge in [0.25, 0.3) is 0 Å². The molecule has 0 unspecified atom stereocenters. The van der Waals surface area contributed by atoms with E-state index in [0.717, 1.165) is 12.0 Å². The molecular weight excluding hydrogens is 272 g/mol. The normalized spacial score (nSPS) is 23.4. The molecule has 2 aromatic rings. The van der Waals surface area contributed by atoms with Crippen LogP contribution in [0, 0.1) is 5.41 Å². The average Bonchev–Trinajstić information content (AvgIpc) is 3.31. The fourth-order valence-electron chi connectivity index (χ4n) is 2.93. The summed E-state index contributed by atoms with van der Waals surface area (Å²) >= 11 is 0. The van der Waals surface area contributed by atoms with Crippen molar-refractivity contribution in [3.63, 3.8) is 0 Å². The van der Waals surface area contributed by atoms with Gasteiger partial charge in [0.1, 0.15) is 0 Å². The summed E-state index contributed by atoms with van der Waals surface area (Å²) in [6.45, 7) is 2.27. The Kier molecular flexibility index (Phi) is 4.10. The Morgan fingerprint density at radius 1 is 1.14 bits per heavy atom. The van der Waals surface area contributed by atoms with Crippen molar-refractivity contribution in [2.75, 3.05) is 6.61 Å². The van der Waals surface area contributed by atoms with Gasteiger partial charge in [-0.25, -0.2) is 0 Å². The third-order valence-electron chi connectivity index (χ3n) is 4.23. The third kappa shape index (κ3) is 2.82. The predicted octanol–water partition coefficient (Wildman–Crippen LogP) is 4.44. The van der Waals surface area contributed by atoms with E-state index >= 15 is 0 Å². The van der Waals surface area contributed by atoms with Gasteiger partial charge in [0.15, 0.2) is 0 Å². The smallest absolute Gasteiger partial charge is 0.316 e. The first kappa shape index (κ1) is 14.6. The highest BCUT2D eigenvalue weighted by Gasteiger charge is 2.59. The zero-order valence-corrected chi connectivity index (χ0v) is 12.7. The molecule has 22 heavy (non-hydrogen) atoms. The first-order valence-corrected chi connectivity index (χ1v) is 7.73. The largest absolute Gasteiger partial charge is 0.465 e. The number of benzene rings is 2. The molecule has 1 saturated carbocycles. The first-order valence-electron chi connectivity index (χ1n) is 7.73. The van der Waals surface area contributed by atoms with Crippen molar-refractivity contribution in [2.45, 2.75) is 19.3 Å². The van der Waals surface area contributed by atoms with Gasteiger partial charge >= 0.3 is 5.97 Å². The fraction of sp³-hybridized carbons (Fsp3) is 0.250. The Morgan fingerprint density at radius 3 is 2.41 bits per heavy atom. The highest BCUT2D eigenvalue weighted by molar-refractivity contribution is 5.86. The standard InChI is InChI=1S/C20H20O2/c1-2-22-19(21)20(14-13-16-9-5-3-6-10-16)15-18(20)17-11-7-4-8-12-17/h3-14,18H,2,15H2,1H3/b14-13+/t18-,20+/m1/s1. The molecule has 2 nitrogen and oxygen atoms in total. The van der Waals surface area contributed by atoms with E-state index in [1.807, 2.05) is 67.6 Å². The molecule has 0 bridgehead atoms. The lowest BCUT2D eigenvalue weighted by Crippen LogP contribution is -2.18. The zero-order valence-electron chi connectivity index (χ0n) is 12.7. The average molecular weight is 292 g/mol. The molecule has 0 heterocycles. The van der Waals surface area contributed by atoms with Crippen LogP contribution in [0.4, 0.5) is 0 Å². The minimum atomic E-state index is -0.507. The van der Waals surface area contributed by atoms with Crippen LogP contribution in [0.25, 0.3) is 6.08 Å². The molecule has 2 atom stereocenters. The lowest BCUT2D eigenvalue weighted by atomic mass is 9.97. The van der Waals surface area contributed by atoms with Gasteiger partial charge in [-0.1, -0.05) is 72.8 Å². The number of esters is 1. The lowest BCUT2D eigenvalue weighted by molar-refractivity contribution is -0.147. The van der Waals surface area contributed by atoms with E-state index in [4.69, 9.17) is 4.74 Å². The van der Waals surface area contributed by atoms with Crippen LogP contribution in [0.2, 0.25) is 0 Å². The molecule has 0 aliphatic heterocycles. The van der Waals surface area contributed by atoms with E-state index in [-0.39, 0.29) is 11.9 Å². The first-order chi connectivity index (χ1) is 10.8. The second-order valence-corrected chi connectivity index (χ2v) is 5.67. The quantitative estimate of drug-likeness (QED) is 0.762. The summed E-state index contributed by atoms with van der Waals surface area (Å²) in [5.74, 6) is 0.101. The van der Waals surface area contributed by atoms with E-state index in [0.29, 0.717) is 6.61 Å². The summed E-state index contributed by atoms with van der Waals surface area (Å²) < 4.78 is 5.32. The molecule has 0 aromatic heterocycles. The van der Waals surface area contributed by atoms with Crippen molar-refractivity contribution in [1.82, 2.24) is 0 Å². The summed E-state index contributed by atoms with van der Waals surface area (Å²) in [7, 11) is 0. The molecule has 0 spiro atoms. The number of carbonyl (C=O) groups excluding carboxylic acids is 1. The molecule has 0 radical (unpaired) electrons. The van der Waals surface area contributed by atoms with Crippen molar-refractivity contribution in [1.29, 1.82) is 0 Å². The second kappa shape index (κ2) is 6.18. The van der Waals surface area contributed by atoms with Crippen LogP contribution in [0.3, 0.4) is 0 Å². The third-order valence-corrected chi connectivity index (χ3v) is 4.23. The van der Waals surface area contributed by atoms with E-state index in [1.54, 1.807) is 0 Å². The van der Waals surface area contributed by atoms with Gasteiger partial charge in [0.2, 0.25) is 0 Å².